The van der Waals surface area contributed by atoms with Gasteiger partial charge in [-0.05, 0) is 54.6 Å². The number of nitrogens with zero attached hydrogens (tertiary/aromatic N) is 3. The Morgan fingerprint density at radius 3 is 1.73 bits per heavy atom. The van der Waals surface area contributed by atoms with Crippen molar-refractivity contribution in [3.63, 3.8) is 0 Å². The van der Waals surface area contributed by atoms with E-state index in [4.69, 9.17) is 11.5 Å². The summed E-state index contributed by atoms with van der Waals surface area (Å²) in [6.07, 6.45) is 1.11. The van der Waals surface area contributed by atoms with Gasteiger partial charge in [0.15, 0.2) is 5.84 Å². The van der Waals surface area contributed by atoms with E-state index in [1.165, 1.54) is 24.3 Å². The first kappa shape index (κ1) is 32.2. The van der Waals surface area contributed by atoms with Crippen LogP contribution in [0.15, 0.2) is 73.8 Å². The predicted molar refractivity (Wildman–Crippen MR) is 120 cm³/mol. The molecule has 5 N–H and O–H groups in total. The number of benzene rings is 2. The molecular formula is C19H14K2N6O8S2. The maximum Gasteiger partial charge on any atom is 1.00 e. The van der Waals surface area contributed by atoms with Gasteiger partial charge in [-0.3, -0.25) is 14.7 Å². The van der Waals surface area contributed by atoms with Crippen LogP contribution >= 0.6 is 0 Å². The van der Waals surface area contributed by atoms with Crippen molar-refractivity contribution in [1.29, 1.82) is 0 Å². The summed E-state index contributed by atoms with van der Waals surface area (Å²) in [5.74, 6) is -1.16. The molecule has 0 aliphatic carbocycles. The zero-order valence-electron chi connectivity index (χ0n) is 19.3. The Hall–Kier alpha value is -0.977. The summed E-state index contributed by atoms with van der Waals surface area (Å²) >= 11 is 0. The minimum absolute atomic E-state index is 0. The minimum atomic E-state index is -4.68. The molecule has 14 nitrogen and oxygen atoms in total. The molecule has 0 unspecified atom stereocenters. The summed E-state index contributed by atoms with van der Waals surface area (Å²) in [5.41, 5.74) is 11.0. The SMILES string of the molecule is NC1=NN(c2ccc(S(=O)(=O)[O-])cc2)C(=O)/C1=C\c1c(N)[nH]n(-c2ccc(S(=O)(=O)[O-])cc2)c1=O.[K+].[K+]. The molecule has 1 aromatic heterocycles. The second-order valence-corrected chi connectivity index (χ2v) is 9.90. The molecule has 0 saturated carbocycles. The Kier molecular flexibility index (Phi) is 10.5. The molecule has 1 aliphatic rings. The van der Waals surface area contributed by atoms with Crippen LogP contribution in [0.25, 0.3) is 11.8 Å². The van der Waals surface area contributed by atoms with Crippen LogP contribution in [0.3, 0.4) is 0 Å². The Bertz CT molecular complexity index is 1690. The number of nitrogens with two attached hydrogens (primary N) is 2. The van der Waals surface area contributed by atoms with Crippen LogP contribution in [0.1, 0.15) is 5.56 Å². The predicted octanol–water partition coefficient (Wildman–Crippen LogP) is -6.73. The molecule has 0 atom stereocenters. The molecule has 1 aliphatic heterocycles. The van der Waals surface area contributed by atoms with Gasteiger partial charge in [-0.2, -0.15) is 5.01 Å². The number of carbonyl (C=O) groups excluding carboxylic acids is 1. The Balaban J connectivity index is 0.00000241. The maximum atomic E-state index is 12.9. The molecule has 37 heavy (non-hydrogen) atoms. The molecule has 0 bridgehead atoms. The van der Waals surface area contributed by atoms with Crippen LogP contribution in [0, 0.1) is 0 Å². The molecular weight excluding hydrogens is 583 g/mol. The van der Waals surface area contributed by atoms with Crippen LogP contribution in [-0.4, -0.2) is 47.5 Å². The third-order valence-corrected chi connectivity index (χ3v) is 6.60. The van der Waals surface area contributed by atoms with Crippen LogP contribution in [0.2, 0.25) is 0 Å². The second kappa shape index (κ2) is 12.0. The number of anilines is 2. The smallest absolute Gasteiger partial charge is 0.744 e. The fraction of sp³-hybridized carbons (Fsp3) is 0. The molecule has 3 aromatic rings. The molecule has 1 amide bonds. The van der Waals surface area contributed by atoms with Gasteiger partial charge in [-0.1, -0.05) is 0 Å². The summed E-state index contributed by atoms with van der Waals surface area (Å²) in [6.45, 7) is 0. The maximum absolute atomic E-state index is 12.9. The van der Waals surface area contributed by atoms with E-state index >= 15 is 0 Å². The summed E-state index contributed by atoms with van der Waals surface area (Å²) in [6, 6.07) is 8.84. The van der Waals surface area contributed by atoms with Gasteiger partial charge < -0.3 is 20.6 Å². The summed E-state index contributed by atoms with van der Waals surface area (Å²) in [4.78, 5) is 24.8. The van der Waals surface area contributed by atoms with Crippen molar-refractivity contribution >= 4 is 49.6 Å². The molecule has 0 spiro atoms. The van der Waals surface area contributed by atoms with Gasteiger partial charge in [0, 0.05) is 0 Å². The topological polar surface area (TPSA) is 237 Å². The number of hydrazone groups is 1. The third-order valence-electron chi connectivity index (χ3n) is 4.90. The zero-order chi connectivity index (χ0) is 25.7. The summed E-state index contributed by atoms with van der Waals surface area (Å²) in [5, 5.41) is 7.33. The first-order valence-electron chi connectivity index (χ1n) is 9.41. The van der Waals surface area contributed by atoms with Crippen LogP contribution < -0.4 is 125 Å². The van der Waals surface area contributed by atoms with E-state index in [1.54, 1.807) is 0 Å². The van der Waals surface area contributed by atoms with E-state index in [0.717, 1.165) is 40.0 Å². The van der Waals surface area contributed by atoms with Crippen molar-refractivity contribution in [2.45, 2.75) is 9.79 Å². The van der Waals surface area contributed by atoms with Crippen molar-refractivity contribution in [3.8, 4) is 5.69 Å². The van der Waals surface area contributed by atoms with Crippen LogP contribution in [-0.2, 0) is 25.0 Å². The molecule has 0 fully saturated rings. The largest absolute Gasteiger partial charge is 1.00 e. The fourth-order valence-corrected chi connectivity index (χ4v) is 4.13. The van der Waals surface area contributed by atoms with Crippen molar-refractivity contribution in [1.82, 2.24) is 9.78 Å². The second-order valence-electron chi connectivity index (χ2n) is 7.14. The number of aromatic nitrogens is 2. The molecule has 4 rings (SSSR count). The normalized spacial score (nSPS) is 14.8. The number of H-pyrrole nitrogens is 1. The molecule has 182 valence electrons. The van der Waals surface area contributed by atoms with E-state index in [2.05, 4.69) is 10.2 Å². The zero-order valence-corrected chi connectivity index (χ0v) is 27.2. The Morgan fingerprint density at radius 1 is 0.811 bits per heavy atom. The van der Waals surface area contributed by atoms with Crippen LogP contribution in [0.5, 0.6) is 0 Å². The van der Waals surface area contributed by atoms with Gasteiger partial charge in [-0.15, -0.1) is 5.10 Å². The minimum Gasteiger partial charge on any atom is -0.744 e. The first-order valence-corrected chi connectivity index (χ1v) is 12.2. The molecule has 0 saturated heterocycles. The van der Waals surface area contributed by atoms with E-state index in [0.29, 0.717) is 0 Å². The van der Waals surface area contributed by atoms with Crippen molar-refractivity contribution in [3.05, 3.63) is 70.0 Å². The molecule has 18 heteroatoms. The quantitative estimate of drug-likeness (QED) is 0.143. The fourth-order valence-electron chi connectivity index (χ4n) is 3.19. The standard InChI is InChI=1S/C19H16N6O8S2.2K/c20-16-14(18(26)24(22-16)10-1-5-12(6-2-10)34(28,29)30)9-15-17(21)23-25(19(15)27)11-3-7-13(8-4-11)35(31,32)33;;/h1-9,22H,20H2,(H2,21,23)(H,28,29,30)(H,31,32,33);;/q;2*+1/p-2/b15-9-;;. The third kappa shape index (κ3) is 6.79. The van der Waals surface area contributed by atoms with Gasteiger partial charge in [0.05, 0.1) is 32.3 Å². The molecule has 2 aromatic carbocycles. The first-order chi connectivity index (χ1) is 16.3. The van der Waals surface area contributed by atoms with Crippen molar-refractivity contribution < 1.29 is 134 Å². The number of hydrogen-bond acceptors (Lipinski definition) is 11. The number of carbonyl (C=O) groups is 1. The van der Waals surface area contributed by atoms with E-state index in [9.17, 15) is 35.5 Å². The van der Waals surface area contributed by atoms with Crippen molar-refractivity contribution in [2.24, 2.45) is 10.8 Å². The van der Waals surface area contributed by atoms with E-state index in [-0.39, 0.29) is 137 Å². The average molecular weight is 597 g/mol. The monoisotopic (exact) mass is 596 g/mol. The van der Waals surface area contributed by atoms with E-state index < -0.39 is 41.5 Å². The van der Waals surface area contributed by atoms with Crippen molar-refractivity contribution in [2.75, 3.05) is 10.7 Å². The molecule has 2 heterocycles. The average Bonchev–Trinajstić information content (AvgIpc) is 3.23. The Morgan fingerprint density at radius 2 is 1.27 bits per heavy atom. The van der Waals surface area contributed by atoms with Gasteiger partial charge in [0.25, 0.3) is 11.5 Å². The number of rotatable bonds is 5. The number of amides is 1. The van der Waals surface area contributed by atoms with Gasteiger partial charge >= 0.3 is 103 Å². The molecule has 0 radical (unpaired) electrons. The Labute approximate surface area is 295 Å². The summed E-state index contributed by atoms with van der Waals surface area (Å²) < 4.78 is 67.5. The van der Waals surface area contributed by atoms with Gasteiger partial charge in [-0.25, -0.2) is 21.5 Å². The van der Waals surface area contributed by atoms with Gasteiger partial charge in [0.1, 0.15) is 26.1 Å². The number of nitrogen functional groups attached to an aromatic ring is 1. The summed E-state index contributed by atoms with van der Waals surface area (Å²) in [7, 11) is -9.36. The number of aromatic amines is 1. The van der Waals surface area contributed by atoms with Crippen LogP contribution in [0.4, 0.5) is 11.5 Å². The van der Waals surface area contributed by atoms with Gasteiger partial charge in [0.2, 0.25) is 0 Å². The number of hydrogen-bond donors (Lipinski definition) is 3. The number of nitrogens with one attached hydrogen (secondary N) is 1. The number of amidine groups is 1. The van der Waals surface area contributed by atoms with E-state index in [1.807, 2.05) is 0 Å².